The number of carbonyl (C=O) groups is 1. The van der Waals surface area contributed by atoms with Gasteiger partial charge in [-0.25, -0.2) is 9.97 Å². The van der Waals surface area contributed by atoms with Gasteiger partial charge in [-0.1, -0.05) is 6.07 Å². The maximum atomic E-state index is 12.2. The topological polar surface area (TPSA) is 75.9 Å². The van der Waals surface area contributed by atoms with Crippen LogP contribution in [0, 0.1) is 0 Å². The van der Waals surface area contributed by atoms with Gasteiger partial charge in [-0.3, -0.25) is 9.78 Å². The summed E-state index contributed by atoms with van der Waals surface area (Å²) < 4.78 is 2.22. The molecule has 3 aromatic heterocycles. The average molecular weight is 376 g/mol. The minimum Gasteiger partial charge on any atom is -0.356 e. The van der Waals surface area contributed by atoms with Gasteiger partial charge in [-0.15, -0.1) is 0 Å². The Balaban J connectivity index is 1.46. The number of imidazole rings is 1. The molecule has 1 aliphatic heterocycles. The van der Waals surface area contributed by atoms with E-state index in [4.69, 9.17) is 0 Å². The number of hydrogen-bond acceptors (Lipinski definition) is 5. The van der Waals surface area contributed by atoms with Gasteiger partial charge in [0.2, 0.25) is 0 Å². The molecule has 1 fully saturated rings. The Kier molecular flexibility index (Phi) is 5.32. The molecular formula is C21H24N6O. The van der Waals surface area contributed by atoms with Crippen molar-refractivity contribution >= 4 is 11.7 Å². The van der Waals surface area contributed by atoms with Crippen LogP contribution in [0.1, 0.15) is 40.5 Å². The molecule has 144 valence electrons. The van der Waals surface area contributed by atoms with Crippen molar-refractivity contribution < 1.29 is 4.79 Å². The monoisotopic (exact) mass is 376 g/mol. The second-order valence-electron chi connectivity index (χ2n) is 6.99. The Morgan fingerprint density at radius 1 is 1.14 bits per heavy atom. The molecule has 1 saturated heterocycles. The Hall–Kier alpha value is -3.22. The molecule has 1 amide bonds. The molecule has 0 saturated carbocycles. The highest BCUT2D eigenvalue weighted by molar-refractivity contribution is 5.98. The molecule has 0 atom stereocenters. The number of nitrogens with zero attached hydrogens (tertiary/aromatic N) is 5. The van der Waals surface area contributed by atoms with Gasteiger partial charge >= 0.3 is 0 Å². The number of piperidine rings is 1. The minimum atomic E-state index is -0.0998. The van der Waals surface area contributed by atoms with Crippen molar-refractivity contribution in [1.82, 2.24) is 24.8 Å². The van der Waals surface area contributed by atoms with Gasteiger partial charge in [0.1, 0.15) is 11.6 Å². The number of nitrogens with one attached hydrogen (secondary N) is 1. The lowest BCUT2D eigenvalue weighted by atomic mass is 9.95. The highest BCUT2D eigenvalue weighted by Gasteiger charge is 2.26. The molecule has 7 nitrogen and oxygen atoms in total. The van der Waals surface area contributed by atoms with Crippen molar-refractivity contribution in [2.24, 2.45) is 0 Å². The highest BCUT2D eigenvalue weighted by Crippen LogP contribution is 2.30. The van der Waals surface area contributed by atoms with Crippen molar-refractivity contribution in [3.8, 4) is 0 Å². The first-order chi connectivity index (χ1) is 13.8. The maximum Gasteiger partial charge on any atom is 0.254 e. The zero-order valence-electron chi connectivity index (χ0n) is 16.0. The van der Waals surface area contributed by atoms with Crippen molar-refractivity contribution in [3.63, 3.8) is 0 Å². The molecule has 4 heterocycles. The number of aromatic nitrogens is 4. The molecule has 1 aliphatic rings. The number of rotatable bonds is 5. The van der Waals surface area contributed by atoms with E-state index in [1.807, 2.05) is 30.7 Å². The molecule has 0 spiro atoms. The van der Waals surface area contributed by atoms with Crippen LogP contribution in [0.3, 0.4) is 0 Å². The summed E-state index contributed by atoms with van der Waals surface area (Å²) in [7, 11) is 1.65. The van der Waals surface area contributed by atoms with E-state index < -0.39 is 0 Å². The number of carbonyl (C=O) groups excluding carboxylic acids is 1. The average Bonchev–Trinajstić information content (AvgIpc) is 3.22. The van der Waals surface area contributed by atoms with Gasteiger partial charge in [-0.05, 0) is 36.6 Å². The third kappa shape index (κ3) is 3.74. The Bertz CT molecular complexity index is 931. The highest BCUT2D eigenvalue weighted by atomic mass is 16.1. The van der Waals surface area contributed by atoms with Crippen molar-refractivity contribution in [2.75, 3.05) is 25.0 Å². The van der Waals surface area contributed by atoms with Crippen LogP contribution in [-0.2, 0) is 6.54 Å². The summed E-state index contributed by atoms with van der Waals surface area (Å²) in [5, 5.41) is 2.70. The Morgan fingerprint density at radius 3 is 2.71 bits per heavy atom. The Morgan fingerprint density at radius 2 is 1.96 bits per heavy atom. The smallest absolute Gasteiger partial charge is 0.254 e. The molecule has 7 heteroatoms. The number of hydrogen-bond donors (Lipinski definition) is 1. The van der Waals surface area contributed by atoms with E-state index in [1.165, 1.54) is 5.56 Å². The molecule has 0 aliphatic carbocycles. The van der Waals surface area contributed by atoms with Gasteiger partial charge in [-0.2, -0.15) is 0 Å². The summed E-state index contributed by atoms with van der Waals surface area (Å²) in [6.07, 6.45) is 11.3. The van der Waals surface area contributed by atoms with E-state index in [-0.39, 0.29) is 5.91 Å². The van der Waals surface area contributed by atoms with Crippen LogP contribution in [0.5, 0.6) is 0 Å². The molecule has 0 aromatic carbocycles. The van der Waals surface area contributed by atoms with Gasteiger partial charge in [0.15, 0.2) is 0 Å². The lowest BCUT2D eigenvalue weighted by Gasteiger charge is -2.33. The van der Waals surface area contributed by atoms with Crippen molar-refractivity contribution in [2.45, 2.75) is 25.3 Å². The third-order valence-corrected chi connectivity index (χ3v) is 5.24. The lowest BCUT2D eigenvalue weighted by molar-refractivity contribution is 0.0963. The predicted octanol–water partition coefficient (Wildman–Crippen LogP) is 2.47. The fourth-order valence-electron chi connectivity index (χ4n) is 3.81. The van der Waals surface area contributed by atoms with E-state index in [9.17, 15) is 4.79 Å². The minimum absolute atomic E-state index is 0.0998. The molecule has 3 aromatic rings. The lowest BCUT2D eigenvalue weighted by Crippen LogP contribution is -2.36. The van der Waals surface area contributed by atoms with E-state index >= 15 is 0 Å². The number of pyridine rings is 2. The van der Waals surface area contributed by atoms with Gasteiger partial charge in [0, 0.05) is 57.0 Å². The van der Waals surface area contributed by atoms with E-state index in [1.54, 1.807) is 25.5 Å². The molecule has 0 radical (unpaired) electrons. The van der Waals surface area contributed by atoms with Crippen LogP contribution in [0.25, 0.3) is 0 Å². The van der Waals surface area contributed by atoms with Crippen LogP contribution in [0.4, 0.5) is 5.82 Å². The molecule has 0 unspecified atom stereocenters. The van der Waals surface area contributed by atoms with Crippen LogP contribution >= 0.6 is 0 Å². The summed E-state index contributed by atoms with van der Waals surface area (Å²) in [4.78, 5) is 27.7. The van der Waals surface area contributed by atoms with E-state index in [0.29, 0.717) is 11.5 Å². The first kappa shape index (κ1) is 18.2. The fraction of sp³-hybridized carbons (Fsp3) is 0.333. The van der Waals surface area contributed by atoms with Gasteiger partial charge in [0.25, 0.3) is 5.91 Å². The van der Waals surface area contributed by atoms with Crippen LogP contribution in [0.2, 0.25) is 0 Å². The quantitative estimate of drug-likeness (QED) is 0.740. The SMILES string of the molecule is CNC(=O)c1cccnc1N1CCC(c2nccn2Cc2cccnc2)CC1. The van der Waals surface area contributed by atoms with E-state index in [2.05, 4.69) is 35.8 Å². The summed E-state index contributed by atoms with van der Waals surface area (Å²) in [5.41, 5.74) is 1.80. The molecule has 28 heavy (non-hydrogen) atoms. The number of amides is 1. The van der Waals surface area contributed by atoms with Gasteiger partial charge < -0.3 is 14.8 Å². The number of anilines is 1. The first-order valence-electron chi connectivity index (χ1n) is 9.58. The molecule has 0 bridgehead atoms. The second kappa shape index (κ2) is 8.21. The summed E-state index contributed by atoms with van der Waals surface area (Å²) in [5.74, 6) is 2.18. The van der Waals surface area contributed by atoms with Crippen LogP contribution in [0.15, 0.2) is 55.2 Å². The van der Waals surface area contributed by atoms with E-state index in [0.717, 1.165) is 44.1 Å². The summed E-state index contributed by atoms with van der Waals surface area (Å²) >= 11 is 0. The predicted molar refractivity (Wildman–Crippen MR) is 107 cm³/mol. The van der Waals surface area contributed by atoms with Crippen molar-refractivity contribution in [1.29, 1.82) is 0 Å². The molecule has 1 N–H and O–H groups in total. The summed E-state index contributed by atoms with van der Waals surface area (Å²) in [6, 6.07) is 7.67. The van der Waals surface area contributed by atoms with Crippen molar-refractivity contribution in [3.05, 3.63) is 72.2 Å². The standard InChI is InChI=1S/C21H24N6O/c1-22-21(28)18-5-3-9-24-20(18)26-11-6-17(7-12-26)19-25-10-13-27(19)15-16-4-2-8-23-14-16/h2-5,8-10,13-14,17H,6-7,11-12,15H2,1H3,(H,22,28). The van der Waals surface area contributed by atoms with Crippen LogP contribution < -0.4 is 10.2 Å². The summed E-state index contributed by atoms with van der Waals surface area (Å²) in [6.45, 7) is 2.49. The fourth-order valence-corrected chi connectivity index (χ4v) is 3.81. The maximum absolute atomic E-state index is 12.2. The third-order valence-electron chi connectivity index (χ3n) is 5.24. The first-order valence-corrected chi connectivity index (χ1v) is 9.58. The second-order valence-corrected chi connectivity index (χ2v) is 6.99. The molecular weight excluding hydrogens is 352 g/mol. The zero-order chi connectivity index (χ0) is 19.3. The Labute approximate surface area is 164 Å². The zero-order valence-corrected chi connectivity index (χ0v) is 16.0. The largest absolute Gasteiger partial charge is 0.356 e. The molecule has 4 rings (SSSR count). The normalized spacial score (nSPS) is 14.8. The van der Waals surface area contributed by atoms with Gasteiger partial charge in [0.05, 0.1) is 12.1 Å². The van der Waals surface area contributed by atoms with Crippen LogP contribution in [-0.4, -0.2) is 45.6 Å².